The summed E-state index contributed by atoms with van der Waals surface area (Å²) in [4.78, 5) is 23.6. The molecule has 2 saturated carbocycles. The van der Waals surface area contributed by atoms with Crippen LogP contribution < -0.4 is 4.74 Å². The fourth-order valence-corrected chi connectivity index (χ4v) is 10.7. The summed E-state index contributed by atoms with van der Waals surface area (Å²) in [5.41, 5.74) is 0.00557. The number of rotatable bonds is 5. The predicted molar refractivity (Wildman–Crippen MR) is 131 cm³/mol. The van der Waals surface area contributed by atoms with Crippen molar-refractivity contribution < 1.29 is 62.2 Å². The number of fused-ring (bicyclic) bond motifs is 1. The summed E-state index contributed by atoms with van der Waals surface area (Å²) in [6, 6.07) is 3.05. The Morgan fingerprint density at radius 2 is 1.52 bits per heavy atom. The highest BCUT2D eigenvalue weighted by Crippen LogP contribution is 2.59. The van der Waals surface area contributed by atoms with Crippen molar-refractivity contribution in [1.82, 2.24) is 0 Å². The van der Waals surface area contributed by atoms with Crippen LogP contribution in [0.5, 0.6) is 5.75 Å². The lowest BCUT2D eigenvalue weighted by atomic mass is 9.84. The second kappa shape index (κ2) is 9.98. The number of hydrogen-bond donors (Lipinski definition) is 0. The second-order valence-electron chi connectivity index (χ2n) is 9.01. The third-order valence-corrected chi connectivity index (χ3v) is 11.3. The van der Waals surface area contributed by atoms with E-state index >= 15 is 0 Å². The topological polar surface area (TPSA) is 153 Å². The highest BCUT2D eigenvalue weighted by Gasteiger charge is 2.72. The van der Waals surface area contributed by atoms with Gasteiger partial charge in [-0.05, 0) is 50.4 Å². The van der Waals surface area contributed by atoms with Crippen molar-refractivity contribution in [3.8, 4) is 5.75 Å². The number of carbonyl (C=O) groups excluding carboxylic acids is 2. The molecule has 19 heteroatoms. The van der Waals surface area contributed by atoms with Crippen LogP contribution in [0.4, 0.5) is 17.6 Å². The first-order chi connectivity index (χ1) is 18.5. The van der Waals surface area contributed by atoms with Gasteiger partial charge in [-0.15, -0.1) is 0 Å². The smallest absolute Gasteiger partial charge is 0.340 e. The van der Waals surface area contributed by atoms with Gasteiger partial charge in [0, 0.05) is 25.3 Å². The van der Waals surface area contributed by atoms with E-state index < -0.39 is 101 Å². The van der Waals surface area contributed by atoms with Crippen LogP contribution in [0.2, 0.25) is 0 Å². The van der Waals surface area contributed by atoms with Crippen LogP contribution in [0.3, 0.4) is 0 Å². The predicted octanol–water partition coefficient (Wildman–Crippen LogP) is 3.93. The molecule has 2 bridgehead atoms. The largest absolute Gasteiger partial charge is 0.744 e. The number of carbonyl (C=O) groups is 2. The first kappa shape index (κ1) is 29.8. The zero-order valence-electron chi connectivity index (χ0n) is 18.9. The standard InChI is InChI=1S/C21H11Br3F4O10S2/c22-4-1-7(23)10(8(24)2-4)21(30)36-15-5-3-6-16(15)38-40(34,35)18(6)9(5)20(29)37-17-11(25)13(27)19(39(31,32)33)14(28)12(17)26/h1-2,5-6,9,15-16,18H,3H2,(H,31,32,33)/p-1. The highest BCUT2D eigenvalue weighted by atomic mass is 79.9. The molecule has 3 fully saturated rings. The maximum atomic E-state index is 14.5. The van der Waals surface area contributed by atoms with Crippen LogP contribution in [0.15, 0.2) is 30.4 Å². The molecule has 3 aliphatic rings. The summed E-state index contributed by atoms with van der Waals surface area (Å²) < 4.78 is 132. The molecule has 216 valence electrons. The van der Waals surface area contributed by atoms with Gasteiger partial charge < -0.3 is 14.0 Å². The first-order valence-electron chi connectivity index (χ1n) is 10.8. The van der Waals surface area contributed by atoms with Crippen molar-refractivity contribution in [2.45, 2.75) is 28.8 Å². The van der Waals surface area contributed by atoms with Gasteiger partial charge in [0.1, 0.15) is 32.5 Å². The Bertz CT molecular complexity index is 1670. The van der Waals surface area contributed by atoms with Gasteiger partial charge in [-0.2, -0.15) is 17.2 Å². The molecule has 2 aliphatic carbocycles. The molecule has 6 unspecified atom stereocenters. The molecule has 1 aliphatic heterocycles. The molecule has 2 aromatic carbocycles. The van der Waals surface area contributed by atoms with Gasteiger partial charge in [-0.3, -0.25) is 8.98 Å². The Balaban J connectivity index is 1.49. The van der Waals surface area contributed by atoms with E-state index in [4.69, 9.17) is 8.92 Å². The van der Waals surface area contributed by atoms with Gasteiger partial charge in [-0.25, -0.2) is 22.0 Å². The zero-order chi connectivity index (χ0) is 29.6. The Hall–Kier alpha value is -1.64. The lowest BCUT2D eigenvalue weighted by Crippen LogP contribution is -2.46. The van der Waals surface area contributed by atoms with Gasteiger partial charge in [-0.1, -0.05) is 15.9 Å². The van der Waals surface area contributed by atoms with Gasteiger partial charge in [0.2, 0.25) is 17.4 Å². The maximum Gasteiger partial charge on any atom is 0.340 e. The van der Waals surface area contributed by atoms with Crippen LogP contribution in [-0.2, 0) is 34.0 Å². The highest BCUT2D eigenvalue weighted by molar-refractivity contribution is 9.11. The Morgan fingerprint density at radius 1 is 0.975 bits per heavy atom. The SMILES string of the molecule is O=C(OC1C2CC3C1OS(=O)(=O)C3C2C(=O)Oc1c(F)c(F)c(S(=O)(=O)[O-])c(F)c1F)c1c(Br)cc(Br)cc1Br. The average Bonchev–Trinajstić information content (AvgIpc) is 3.42. The summed E-state index contributed by atoms with van der Waals surface area (Å²) in [6.07, 6.45) is -2.61. The van der Waals surface area contributed by atoms with Gasteiger partial charge >= 0.3 is 11.9 Å². The van der Waals surface area contributed by atoms with Crippen molar-refractivity contribution in [2.24, 2.45) is 17.8 Å². The van der Waals surface area contributed by atoms with E-state index in [0.29, 0.717) is 4.47 Å². The molecule has 10 nitrogen and oxygen atoms in total. The van der Waals surface area contributed by atoms with E-state index in [9.17, 15) is 48.5 Å². The van der Waals surface area contributed by atoms with E-state index in [1.807, 2.05) is 0 Å². The van der Waals surface area contributed by atoms with Gasteiger partial charge in [0.25, 0.3) is 10.1 Å². The van der Waals surface area contributed by atoms with E-state index in [0.717, 1.165) is 0 Å². The molecule has 0 amide bonds. The summed E-state index contributed by atoms with van der Waals surface area (Å²) in [7, 11) is -10.5. The Kier molecular flexibility index (Phi) is 7.44. The quantitative estimate of drug-likeness (QED) is 0.109. The number of ether oxygens (including phenoxy) is 2. The number of benzene rings is 2. The minimum absolute atomic E-state index is 0.00557. The van der Waals surface area contributed by atoms with E-state index in [-0.39, 0.29) is 20.9 Å². The number of esters is 2. The maximum absolute atomic E-state index is 14.5. The number of halogens is 7. The molecule has 0 spiro atoms. The summed E-state index contributed by atoms with van der Waals surface area (Å²) in [6.45, 7) is 0. The fourth-order valence-electron chi connectivity index (χ4n) is 5.44. The molecule has 1 heterocycles. The van der Waals surface area contributed by atoms with Crippen molar-refractivity contribution in [3.05, 3.63) is 54.4 Å². The van der Waals surface area contributed by atoms with Crippen LogP contribution in [0, 0.1) is 41.0 Å². The van der Waals surface area contributed by atoms with Crippen LogP contribution in [0.25, 0.3) is 0 Å². The fraction of sp³-hybridized carbons (Fsp3) is 0.333. The van der Waals surface area contributed by atoms with Crippen molar-refractivity contribution >= 4 is 80.0 Å². The number of hydrogen-bond acceptors (Lipinski definition) is 10. The van der Waals surface area contributed by atoms with Crippen LogP contribution in [-0.4, -0.2) is 50.8 Å². The van der Waals surface area contributed by atoms with E-state index in [1.54, 1.807) is 0 Å². The molecule has 1 saturated heterocycles. The lowest BCUT2D eigenvalue weighted by Gasteiger charge is -2.30. The average molecular weight is 802 g/mol. The first-order valence-corrected chi connectivity index (χ1v) is 16.0. The summed E-state index contributed by atoms with van der Waals surface area (Å²) in [5.74, 6) is -18.7. The molecule has 0 N–H and O–H groups in total. The third kappa shape index (κ3) is 4.60. The Morgan fingerprint density at radius 3 is 2.05 bits per heavy atom. The van der Waals surface area contributed by atoms with E-state index in [1.165, 1.54) is 12.1 Å². The van der Waals surface area contributed by atoms with Crippen LogP contribution in [0.1, 0.15) is 16.8 Å². The molecule has 2 aromatic rings. The molecule has 5 rings (SSSR count). The normalized spacial score (nSPS) is 28.1. The Labute approximate surface area is 247 Å². The molecular weight excluding hydrogens is 792 g/mol. The summed E-state index contributed by atoms with van der Waals surface area (Å²) >= 11 is 9.66. The van der Waals surface area contributed by atoms with Gasteiger partial charge in [0.15, 0.2) is 11.6 Å². The second-order valence-corrected chi connectivity index (χ2v) is 14.7. The third-order valence-electron chi connectivity index (χ3n) is 6.89. The lowest BCUT2D eigenvalue weighted by molar-refractivity contribution is -0.143. The van der Waals surface area contributed by atoms with Crippen LogP contribution >= 0.6 is 47.8 Å². The van der Waals surface area contributed by atoms with Crippen molar-refractivity contribution in [2.75, 3.05) is 0 Å². The zero-order valence-corrected chi connectivity index (χ0v) is 25.3. The molecule has 0 aromatic heterocycles. The monoisotopic (exact) mass is 799 g/mol. The minimum Gasteiger partial charge on any atom is -0.744 e. The van der Waals surface area contributed by atoms with Crippen molar-refractivity contribution in [1.29, 1.82) is 0 Å². The molecule has 40 heavy (non-hydrogen) atoms. The molecular formula is C21H10Br3F4O10S2-. The molecule has 6 atom stereocenters. The molecule has 0 radical (unpaired) electrons. The van der Waals surface area contributed by atoms with Gasteiger partial charge in [0.05, 0.1) is 11.5 Å². The van der Waals surface area contributed by atoms with Crippen molar-refractivity contribution in [3.63, 3.8) is 0 Å². The van der Waals surface area contributed by atoms with E-state index in [2.05, 4.69) is 52.5 Å². The summed E-state index contributed by atoms with van der Waals surface area (Å²) in [5, 5.41) is -1.60. The minimum atomic E-state index is -6.02.